The number of fused-ring (bicyclic) bond motifs is 2. The van der Waals surface area contributed by atoms with E-state index in [-0.39, 0.29) is 17.9 Å². The quantitative estimate of drug-likeness (QED) is 0.687. The third-order valence-corrected chi connectivity index (χ3v) is 3.96. The Hall–Kier alpha value is -2.82. The number of aromatic nitrogens is 3. The number of hydrogen-bond acceptors (Lipinski definition) is 4. The Kier molecular flexibility index (Phi) is 2.85. The molecule has 0 N–H and O–H groups in total. The molecule has 0 saturated carbocycles. The standard InChI is InChI=1S/C17H13N3O2/c21-12-5-7-16-19-15-9-11(14-3-1-2-8-18-14)4-6-13(15)17(22)20(16)10-12/h1-4,6,8-9H,5,7,10H2. The Morgan fingerprint density at radius 2 is 1.95 bits per heavy atom. The zero-order valence-corrected chi connectivity index (χ0v) is 11.8. The van der Waals surface area contributed by atoms with E-state index in [1.165, 1.54) is 4.57 Å². The molecule has 1 aliphatic rings. The summed E-state index contributed by atoms with van der Waals surface area (Å²) < 4.78 is 1.49. The molecule has 0 bridgehead atoms. The van der Waals surface area contributed by atoms with Gasteiger partial charge in [0.05, 0.1) is 23.1 Å². The smallest absolute Gasteiger partial charge is 0.261 e. The van der Waals surface area contributed by atoms with Crippen LogP contribution in [-0.2, 0) is 17.8 Å². The number of carbonyl (C=O) groups is 1. The fourth-order valence-electron chi connectivity index (χ4n) is 2.82. The minimum absolute atomic E-state index is 0.0841. The van der Waals surface area contributed by atoms with Crippen LogP contribution in [-0.4, -0.2) is 20.3 Å². The first kappa shape index (κ1) is 12.9. The summed E-state index contributed by atoms with van der Waals surface area (Å²) in [5, 5.41) is 0.540. The molecule has 0 radical (unpaired) electrons. The lowest BCUT2D eigenvalue weighted by molar-refractivity contribution is -0.120. The van der Waals surface area contributed by atoms with E-state index in [9.17, 15) is 9.59 Å². The van der Waals surface area contributed by atoms with Crippen LogP contribution >= 0.6 is 0 Å². The Morgan fingerprint density at radius 1 is 1.05 bits per heavy atom. The highest BCUT2D eigenvalue weighted by molar-refractivity contribution is 5.84. The molecule has 0 saturated heterocycles. The number of rotatable bonds is 1. The van der Waals surface area contributed by atoms with Crippen molar-refractivity contribution in [1.29, 1.82) is 0 Å². The minimum Gasteiger partial charge on any atom is -0.298 e. The summed E-state index contributed by atoms with van der Waals surface area (Å²) in [6.07, 6.45) is 2.72. The van der Waals surface area contributed by atoms with Gasteiger partial charge in [-0.2, -0.15) is 0 Å². The van der Waals surface area contributed by atoms with Gasteiger partial charge in [0.15, 0.2) is 5.78 Å². The third-order valence-electron chi connectivity index (χ3n) is 3.96. The van der Waals surface area contributed by atoms with Gasteiger partial charge in [0.25, 0.3) is 5.56 Å². The second-order valence-electron chi connectivity index (χ2n) is 5.40. The van der Waals surface area contributed by atoms with Crippen molar-refractivity contribution in [1.82, 2.24) is 14.5 Å². The van der Waals surface area contributed by atoms with Gasteiger partial charge < -0.3 is 0 Å². The zero-order valence-electron chi connectivity index (χ0n) is 11.8. The van der Waals surface area contributed by atoms with Crippen LogP contribution in [0.2, 0.25) is 0 Å². The second kappa shape index (κ2) is 4.87. The highest BCUT2D eigenvalue weighted by Gasteiger charge is 2.19. The van der Waals surface area contributed by atoms with Gasteiger partial charge in [0, 0.05) is 24.6 Å². The van der Waals surface area contributed by atoms with Crippen LogP contribution in [0, 0.1) is 0 Å². The molecule has 0 fully saturated rings. The summed E-state index contributed by atoms with van der Waals surface area (Å²) in [6.45, 7) is 0.138. The van der Waals surface area contributed by atoms with Crippen molar-refractivity contribution in [2.45, 2.75) is 19.4 Å². The Labute approximate surface area is 126 Å². The van der Waals surface area contributed by atoms with Crippen molar-refractivity contribution >= 4 is 16.7 Å². The third kappa shape index (κ3) is 2.02. The van der Waals surface area contributed by atoms with Crippen molar-refractivity contribution < 1.29 is 4.79 Å². The van der Waals surface area contributed by atoms with Gasteiger partial charge in [-0.25, -0.2) is 4.98 Å². The van der Waals surface area contributed by atoms with Gasteiger partial charge in [-0.15, -0.1) is 0 Å². The van der Waals surface area contributed by atoms with Crippen molar-refractivity contribution in [3.8, 4) is 11.3 Å². The Morgan fingerprint density at radius 3 is 2.77 bits per heavy atom. The Balaban J connectivity index is 1.93. The maximum atomic E-state index is 12.5. The van der Waals surface area contributed by atoms with E-state index in [4.69, 9.17) is 0 Å². The molecule has 5 nitrogen and oxygen atoms in total. The second-order valence-corrected chi connectivity index (χ2v) is 5.40. The van der Waals surface area contributed by atoms with Crippen molar-refractivity contribution in [3.05, 3.63) is 58.8 Å². The van der Waals surface area contributed by atoms with E-state index < -0.39 is 0 Å². The minimum atomic E-state index is -0.138. The van der Waals surface area contributed by atoms with E-state index in [1.807, 2.05) is 30.3 Å². The molecule has 108 valence electrons. The number of hydrogen-bond donors (Lipinski definition) is 0. The maximum Gasteiger partial charge on any atom is 0.261 e. The van der Waals surface area contributed by atoms with Gasteiger partial charge in [-0.3, -0.25) is 19.1 Å². The summed E-state index contributed by atoms with van der Waals surface area (Å²) in [5.41, 5.74) is 2.30. The number of benzene rings is 1. The molecule has 0 amide bonds. The van der Waals surface area contributed by atoms with Crippen molar-refractivity contribution in [3.63, 3.8) is 0 Å². The summed E-state index contributed by atoms with van der Waals surface area (Å²) in [4.78, 5) is 33.0. The molecular formula is C17H13N3O2. The lowest BCUT2D eigenvalue weighted by Crippen LogP contribution is -2.32. The molecule has 0 unspecified atom stereocenters. The van der Waals surface area contributed by atoms with E-state index in [2.05, 4.69) is 9.97 Å². The van der Waals surface area contributed by atoms with Crippen LogP contribution in [0.1, 0.15) is 12.2 Å². The van der Waals surface area contributed by atoms with E-state index in [1.54, 1.807) is 12.3 Å². The van der Waals surface area contributed by atoms with Crippen LogP contribution in [0.4, 0.5) is 0 Å². The number of aryl methyl sites for hydroxylation is 1. The molecule has 0 atom stereocenters. The fourth-order valence-corrected chi connectivity index (χ4v) is 2.82. The summed E-state index contributed by atoms with van der Waals surface area (Å²) in [6, 6.07) is 11.2. The predicted molar refractivity (Wildman–Crippen MR) is 82.6 cm³/mol. The maximum absolute atomic E-state index is 12.5. The summed E-state index contributed by atoms with van der Waals surface area (Å²) >= 11 is 0. The fraction of sp³-hybridized carbons (Fsp3) is 0.176. The van der Waals surface area contributed by atoms with Gasteiger partial charge in [0.2, 0.25) is 0 Å². The van der Waals surface area contributed by atoms with Gasteiger partial charge >= 0.3 is 0 Å². The average Bonchev–Trinajstić information content (AvgIpc) is 2.56. The lowest BCUT2D eigenvalue weighted by atomic mass is 10.1. The number of Topliss-reactive ketones (excluding diaryl/α,β-unsaturated/α-hetero) is 1. The van der Waals surface area contributed by atoms with E-state index in [0.29, 0.717) is 29.6 Å². The van der Waals surface area contributed by atoms with Crippen LogP contribution < -0.4 is 5.56 Å². The molecule has 3 aromatic rings. The van der Waals surface area contributed by atoms with Crippen LogP contribution in [0.3, 0.4) is 0 Å². The van der Waals surface area contributed by atoms with Crippen molar-refractivity contribution in [2.75, 3.05) is 0 Å². The van der Waals surface area contributed by atoms with Crippen LogP contribution in [0.25, 0.3) is 22.2 Å². The predicted octanol–water partition coefficient (Wildman–Crippen LogP) is 1.97. The first-order valence-electron chi connectivity index (χ1n) is 7.19. The molecule has 22 heavy (non-hydrogen) atoms. The lowest BCUT2D eigenvalue weighted by Gasteiger charge is -2.17. The normalized spacial score (nSPS) is 14.1. The van der Waals surface area contributed by atoms with Crippen LogP contribution in [0.5, 0.6) is 0 Å². The van der Waals surface area contributed by atoms with E-state index >= 15 is 0 Å². The van der Waals surface area contributed by atoms with Gasteiger partial charge in [-0.1, -0.05) is 12.1 Å². The van der Waals surface area contributed by atoms with Gasteiger partial charge in [0.1, 0.15) is 5.82 Å². The Bertz CT molecular complexity index is 945. The largest absolute Gasteiger partial charge is 0.298 e. The van der Waals surface area contributed by atoms with Crippen molar-refractivity contribution in [2.24, 2.45) is 0 Å². The highest BCUT2D eigenvalue weighted by Crippen LogP contribution is 2.21. The molecule has 1 aliphatic heterocycles. The molecule has 3 heterocycles. The number of nitrogens with zero attached hydrogens (tertiary/aromatic N) is 3. The molecule has 0 spiro atoms. The molecule has 4 rings (SSSR count). The molecule has 5 heteroatoms. The molecule has 0 aliphatic carbocycles. The number of ketones is 1. The van der Waals surface area contributed by atoms with Gasteiger partial charge in [-0.05, 0) is 24.3 Å². The summed E-state index contributed by atoms with van der Waals surface area (Å²) in [5.74, 6) is 0.774. The first-order valence-corrected chi connectivity index (χ1v) is 7.19. The molecule has 1 aromatic carbocycles. The average molecular weight is 291 g/mol. The monoisotopic (exact) mass is 291 g/mol. The molecular weight excluding hydrogens is 278 g/mol. The highest BCUT2D eigenvalue weighted by atomic mass is 16.1. The van der Waals surface area contributed by atoms with E-state index in [0.717, 1.165) is 11.3 Å². The number of carbonyl (C=O) groups excluding carboxylic acids is 1. The molecule has 2 aromatic heterocycles. The zero-order chi connectivity index (χ0) is 15.1. The van der Waals surface area contributed by atoms with Crippen LogP contribution in [0.15, 0.2) is 47.4 Å². The topological polar surface area (TPSA) is 64.8 Å². The SMILES string of the molecule is O=C1CCc2nc3cc(-c4ccccn4)ccc3c(=O)n2C1. The number of pyridine rings is 1. The summed E-state index contributed by atoms with van der Waals surface area (Å²) in [7, 11) is 0. The first-order chi connectivity index (χ1) is 10.7.